The lowest BCUT2D eigenvalue weighted by molar-refractivity contribution is -0.142. The first-order chi connectivity index (χ1) is 5.97. The van der Waals surface area contributed by atoms with E-state index in [9.17, 15) is 4.79 Å². The van der Waals surface area contributed by atoms with E-state index in [1.54, 1.807) is 0 Å². The predicted octanol–water partition coefficient (Wildman–Crippen LogP) is 3.09. The molecule has 0 aromatic carbocycles. The number of aliphatic carboxylic acids is 1. The van der Waals surface area contributed by atoms with Crippen molar-refractivity contribution in [3.8, 4) is 0 Å². The van der Waals surface area contributed by atoms with Crippen molar-refractivity contribution in [1.82, 2.24) is 0 Å². The summed E-state index contributed by atoms with van der Waals surface area (Å²) in [6, 6.07) is 0. The van der Waals surface area contributed by atoms with Crippen LogP contribution >= 0.6 is 0 Å². The number of hydrogen-bond acceptors (Lipinski definition) is 1. The second-order valence-electron chi connectivity index (χ2n) is 3.97. The standard InChI is InChI=1S/C11H20O2/c1-5-9(4)7-10(11(12)13)6-8(2)3/h8,10H,4-7H2,1-3H3,(H,12,13). The van der Waals surface area contributed by atoms with E-state index in [0.717, 1.165) is 18.4 Å². The lowest BCUT2D eigenvalue weighted by Gasteiger charge is -2.15. The highest BCUT2D eigenvalue weighted by Crippen LogP contribution is 2.20. The predicted molar refractivity (Wildman–Crippen MR) is 54.6 cm³/mol. The molecule has 0 amide bonds. The largest absolute Gasteiger partial charge is 0.481 e. The normalized spacial score (nSPS) is 12.9. The topological polar surface area (TPSA) is 37.3 Å². The molecule has 0 spiro atoms. The Morgan fingerprint density at radius 2 is 2.00 bits per heavy atom. The SMILES string of the molecule is C=C(CC)CC(CC(C)C)C(=O)O. The lowest BCUT2D eigenvalue weighted by atomic mass is 9.91. The molecule has 1 N–H and O–H groups in total. The van der Waals surface area contributed by atoms with Crippen LogP contribution in [0.1, 0.15) is 40.0 Å². The van der Waals surface area contributed by atoms with Gasteiger partial charge in [0.15, 0.2) is 0 Å². The lowest BCUT2D eigenvalue weighted by Crippen LogP contribution is -2.16. The van der Waals surface area contributed by atoms with E-state index in [1.807, 2.05) is 20.8 Å². The average Bonchev–Trinajstić information content (AvgIpc) is 2.02. The summed E-state index contributed by atoms with van der Waals surface area (Å²) < 4.78 is 0. The molecule has 1 unspecified atom stereocenters. The number of carboxylic acid groups (broad SMARTS) is 1. The maximum absolute atomic E-state index is 10.8. The number of rotatable bonds is 6. The van der Waals surface area contributed by atoms with Gasteiger partial charge in [0.2, 0.25) is 0 Å². The van der Waals surface area contributed by atoms with Gasteiger partial charge in [0, 0.05) is 0 Å². The Kier molecular flexibility index (Phi) is 5.44. The minimum atomic E-state index is -0.691. The summed E-state index contributed by atoms with van der Waals surface area (Å²) in [4.78, 5) is 10.8. The molecular formula is C11H20O2. The molecule has 0 heterocycles. The summed E-state index contributed by atoms with van der Waals surface area (Å²) in [5, 5.41) is 8.93. The van der Waals surface area contributed by atoms with Crippen LogP contribution in [-0.2, 0) is 4.79 Å². The number of hydrogen-bond donors (Lipinski definition) is 1. The van der Waals surface area contributed by atoms with Crippen molar-refractivity contribution in [3.05, 3.63) is 12.2 Å². The van der Waals surface area contributed by atoms with Gasteiger partial charge in [0.05, 0.1) is 5.92 Å². The van der Waals surface area contributed by atoms with Crippen LogP contribution in [0, 0.1) is 11.8 Å². The summed E-state index contributed by atoms with van der Waals surface area (Å²) in [5.41, 5.74) is 1.04. The van der Waals surface area contributed by atoms with Crippen LogP contribution in [0.4, 0.5) is 0 Å². The van der Waals surface area contributed by atoms with E-state index < -0.39 is 5.97 Å². The Labute approximate surface area is 80.7 Å². The van der Waals surface area contributed by atoms with Crippen molar-refractivity contribution in [1.29, 1.82) is 0 Å². The zero-order valence-electron chi connectivity index (χ0n) is 8.84. The molecule has 2 heteroatoms. The third-order valence-corrected chi connectivity index (χ3v) is 2.14. The van der Waals surface area contributed by atoms with Crippen molar-refractivity contribution in [2.24, 2.45) is 11.8 Å². The van der Waals surface area contributed by atoms with Crippen LogP contribution in [0.25, 0.3) is 0 Å². The van der Waals surface area contributed by atoms with Crippen LogP contribution in [-0.4, -0.2) is 11.1 Å². The Morgan fingerprint density at radius 1 is 1.46 bits per heavy atom. The average molecular weight is 184 g/mol. The van der Waals surface area contributed by atoms with Crippen molar-refractivity contribution in [2.45, 2.75) is 40.0 Å². The highest BCUT2D eigenvalue weighted by atomic mass is 16.4. The fourth-order valence-corrected chi connectivity index (χ4v) is 1.33. The molecule has 0 aromatic rings. The van der Waals surface area contributed by atoms with E-state index in [0.29, 0.717) is 12.3 Å². The maximum atomic E-state index is 10.8. The minimum absolute atomic E-state index is 0.243. The second kappa shape index (κ2) is 5.79. The van der Waals surface area contributed by atoms with Gasteiger partial charge < -0.3 is 5.11 Å². The van der Waals surface area contributed by atoms with Crippen LogP contribution in [0.15, 0.2) is 12.2 Å². The van der Waals surface area contributed by atoms with E-state index in [2.05, 4.69) is 6.58 Å². The van der Waals surface area contributed by atoms with E-state index in [4.69, 9.17) is 5.11 Å². The van der Waals surface area contributed by atoms with Gasteiger partial charge in [0.25, 0.3) is 0 Å². The summed E-state index contributed by atoms with van der Waals surface area (Å²) in [6.45, 7) is 9.94. The summed E-state index contributed by atoms with van der Waals surface area (Å²) in [5.74, 6) is -0.499. The molecule has 0 saturated carbocycles. The zero-order chi connectivity index (χ0) is 10.4. The van der Waals surface area contributed by atoms with Crippen LogP contribution in [0.5, 0.6) is 0 Å². The molecule has 0 aliphatic carbocycles. The number of carbonyl (C=O) groups is 1. The Balaban J connectivity index is 4.10. The second-order valence-corrected chi connectivity index (χ2v) is 3.97. The van der Waals surface area contributed by atoms with Crippen LogP contribution in [0.2, 0.25) is 0 Å². The number of allylic oxidation sites excluding steroid dienone is 1. The highest BCUT2D eigenvalue weighted by molar-refractivity contribution is 5.70. The monoisotopic (exact) mass is 184 g/mol. The molecule has 0 aliphatic heterocycles. The molecular weight excluding hydrogens is 164 g/mol. The zero-order valence-corrected chi connectivity index (χ0v) is 8.84. The fraction of sp³-hybridized carbons (Fsp3) is 0.727. The first-order valence-electron chi connectivity index (χ1n) is 4.86. The maximum Gasteiger partial charge on any atom is 0.306 e. The Morgan fingerprint density at radius 3 is 2.31 bits per heavy atom. The van der Waals surface area contributed by atoms with E-state index in [1.165, 1.54) is 0 Å². The Hall–Kier alpha value is -0.790. The molecule has 1 atom stereocenters. The van der Waals surface area contributed by atoms with Crippen molar-refractivity contribution >= 4 is 5.97 Å². The minimum Gasteiger partial charge on any atom is -0.481 e. The van der Waals surface area contributed by atoms with Crippen molar-refractivity contribution in [3.63, 3.8) is 0 Å². The van der Waals surface area contributed by atoms with Gasteiger partial charge in [-0.15, -0.1) is 0 Å². The number of carboxylic acids is 1. The van der Waals surface area contributed by atoms with Gasteiger partial charge in [-0.1, -0.05) is 32.9 Å². The van der Waals surface area contributed by atoms with E-state index >= 15 is 0 Å². The summed E-state index contributed by atoms with van der Waals surface area (Å²) in [6.07, 6.45) is 2.25. The first kappa shape index (κ1) is 12.2. The van der Waals surface area contributed by atoms with Gasteiger partial charge in [-0.2, -0.15) is 0 Å². The van der Waals surface area contributed by atoms with E-state index in [-0.39, 0.29) is 5.92 Å². The van der Waals surface area contributed by atoms with Gasteiger partial charge in [-0.3, -0.25) is 4.79 Å². The molecule has 0 bridgehead atoms. The van der Waals surface area contributed by atoms with Gasteiger partial charge in [0.1, 0.15) is 0 Å². The molecule has 13 heavy (non-hydrogen) atoms. The molecule has 0 rings (SSSR count). The van der Waals surface area contributed by atoms with Crippen molar-refractivity contribution < 1.29 is 9.90 Å². The van der Waals surface area contributed by atoms with Crippen molar-refractivity contribution in [2.75, 3.05) is 0 Å². The third kappa shape index (κ3) is 5.45. The quantitative estimate of drug-likeness (QED) is 0.644. The fourth-order valence-electron chi connectivity index (χ4n) is 1.33. The molecule has 0 aromatic heterocycles. The molecule has 2 nitrogen and oxygen atoms in total. The molecule has 0 radical (unpaired) electrons. The van der Waals surface area contributed by atoms with Gasteiger partial charge >= 0.3 is 5.97 Å². The summed E-state index contributed by atoms with van der Waals surface area (Å²) in [7, 11) is 0. The molecule has 76 valence electrons. The molecule has 0 saturated heterocycles. The Bertz CT molecular complexity index is 183. The molecule has 0 aliphatic rings. The molecule has 0 fully saturated rings. The van der Waals surface area contributed by atoms with Crippen LogP contribution < -0.4 is 0 Å². The van der Waals surface area contributed by atoms with Gasteiger partial charge in [-0.25, -0.2) is 0 Å². The van der Waals surface area contributed by atoms with Gasteiger partial charge in [-0.05, 0) is 25.2 Å². The third-order valence-electron chi connectivity index (χ3n) is 2.14. The smallest absolute Gasteiger partial charge is 0.306 e. The summed E-state index contributed by atoms with van der Waals surface area (Å²) >= 11 is 0. The highest BCUT2D eigenvalue weighted by Gasteiger charge is 2.18. The van der Waals surface area contributed by atoms with Crippen LogP contribution in [0.3, 0.4) is 0 Å². The first-order valence-corrected chi connectivity index (χ1v) is 4.86.